The molecule has 0 saturated carbocycles. The molecule has 3 aromatic heterocycles. The van der Waals surface area contributed by atoms with Crippen LogP contribution in [-0.2, 0) is 0 Å². The van der Waals surface area contributed by atoms with Crippen LogP contribution >= 0.6 is 0 Å². The van der Waals surface area contributed by atoms with Crippen molar-refractivity contribution in [1.82, 2.24) is 34.8 Å². The number of nitrogens with zero attached hydrogens (tertiary/aromatic N) is 7. The lowest BCUT2D eigenvalue weighted by atomic mass is 10.2. The number of hydrogen-bond acceptors (Lipinski definition) is 7. The molecule has 3 aromatic rings. The zero-order valence-corrected chi connectivity index (χ0v) is 15.7. The fraction of sp³-hybridized carbons (Fsp3) is 0.333. The third kappa shape index (κ3) is 3.76. The van der Waals surface area contributed by atoms with Crippen LogP contribution in [0.3, 0.4) is 0 Å². The van der Waals surface area contributed by atoms with E-state index in [4.69, 9.17) is 4.74 Å². The summed E-state index contributed by atoms with van der Waals surface area (Å²) in [6, 6.07) is 5.10. The molecule has 3 rings (SSSR count). The van der Waals surface area contributed by atoms with Crippen LogP contribution in [-0.4, -0.2) is 61.0 Å². The molecular weight excluding hydrogens is 346 g/mol. The van der Waals surface area contributed by atoms with Crippen LogP contribution in [0.15, 0.2) is 30.6 Å². The number of rotatable bonds is 6. The van der Waals surface area contributed by atoms with Crippen molar-refractivity contribution in [2.24, 2.45) is 0 Å². The molecule has 9 heteroatoms. The number of aromatic nitrogens is 6. The molecule has 0 saturated heterocycles. The van der Waals surface area contributed by atoms with Gasteiger partial charge in [-0.3, -0.25) is 14.8 Å². The molecule has 0 unspecified atom stereocenters. The minimum Gasteiger partial charge on any atom is -0.480 e. The van der Waals surface area contributed by atoms with Gasteiger partial charge in [-0.25, -0.2) is 4.68 Å². The van der Waals surface area contributed by atoms with E-state index in [1.165, 1.54) is 7.11 Å². The van der Waals surface area contributed by atoms with Gasteiger partial charge in [0.1, 0.15) is 5.69 Å². The van der Waals surface area contributed by atoms with Gasteiger partial charge in [-0.2, -0.15) is 5.10 Å². The largest absolute Gasteiger partial charge is 0.480 e. The minimum absolute atomic E-state index is 0.151. The lowest BCUT2D eigenvalue weighted by Crippen LogP contribution is -2.30. The maximum atomic E-state index is 12.7. The van der Waals surface area contributed by atoms with E-state index < -0.39 is 0 Å². The van der Waals surface area contributed by atoms with Gasteiger partial charge >= 0.3 is 0 Å². The number of amides is 1. The molecule has 140 valence electrons. The van der Waals surface area contributed by atoms with E-state index in [1.54, 1.807) is 40.2 Å². The van der Waals surface area contributed by atoms with Crippen molar-refractivity contribution < 1.29 is 9.53 Å². The van der Waals surface area contributed by atoms with Gasteiger partial charge in [-0.05, 0) is 32.9 Å². The predicted molar refractivity (Wildman–Crippen MR) is 98.7 cm³/mol. The molecule has 9 nitrogen and oxygen atoms in total. The van der Waals surface area contributed by atoms with Gasteiger partial charge in [0.05, 0.1) is 24.7 Å². The van der Waals surface area contributed by atoms with Crippen LogP contribution in [0.4, 0.5) is 0 Å². The second-order valence-electron chi connectivity index (χ2n) is 5.78. The van der Waals surface area contributed by atoms with E-state index in [0.29, 0.717) is 41.9 Å². The standard InChI is InChI=1S/C18H21N7O2/c1-5-24(6-2)18(26)13-9-15(14-11-19-12(3)10-20-14)25(23-13)16-7-8-17(27-4)22-21-16/h7-11H,5-6H2,1-4H3. The van der Waals surface area contributed by atoms with Crippen molar-refractivity contribution in [3.05, 3.63) is 42.0 Å². The molecule has 1 amide bonds. The number of hydrogen-bond donors (Lipinski definition) is 0. The number of carbonyl (C=O) groups is 1. The Morgan fingerprint density at radius 2 is 1.93 bits per heavy atom. The second-order valence-corrected chi connectivity index (χ2v) is 5.78. The molecule has 0 fully saturated rings. The van der Waals surface area contributed by atoms with Crippen molar-refractivity contribution in [3.63, 3.8) is 0 Å². The number of methoxy groups -OCH3 is 1. The summed E-state index contributed by atoms with van der Waals surface area (Å²) in [5, 5.41) is 12.6. The van der Waals surface area contributed by atoms with E-state index in [1.807, 2.05) is 20.8 Å². The van der Waals surface area contributed by atoms with Crippen molar-refractivity contribution in [1.29, 1.82) is 0 Å². The molecular formula is C18H21N7O2. The zero-order chi connectivity index (χ0) is 19.4. The van der Waals surface area contributed by atoms with Gasteiger partial charge in [0.2, 0.25) is 5.88 Å². The Bertz CT molecular complexity index is 916. The summed E-state index contributed by atoms with van der Waals surface area (Å²) in [5.74, 6) is 0.690. The molecule has 27 heavy (non-hydrogen) atoms. The molecule has 0 spiro atoms. The van der Waals surface area contributed by atoms with Crippen LogP contribution in [0.1, 0.15) is 30.0 Å². The minimum atomic E-state index is -0.151. The van der Waals surface area contributed by atoms with Gasteiger partial charge in [-0.1, -0.05) is 0 Å². The van der Waals surface area contributed by atoms with E-state index in [2.05, 4.69) is 25.3 Å². The summed E-state index contributed by atoms with van der Waals surface area (Å²) in [7, 11) is 1.52. The summed E-state index contributed by atoms with van der Waals surface area (Å²) < 4.78 is 6.59. The summed E-state index contributed by atoms with van der Waals surface area (Å²) in [5.41, 5.74) is 2.31. The highest BCUT2D eigenvalue weighted by atomic mass is 16.5. The van der Waals surface area contributed by atoms with Gasteiger partial charge in [0.15, 0.2) is 11.5 Å². The highest BCUT2D eigenvalue weighted by Gasteiger charge is 2.21. The van der Waals surface area contributed by atoms with Crippen molar-refractivity contribution in [2.45, 2.75) is 20.8 Å². The van der Waals surface area contributed by atoms with Crippen LogP contribution in [0.25, 0.3) is 17.2 Å². The summed E-state index contributed by atoms with van der Waals surface area (Å²) >= 11 is 0. The lowest BCUT2D eigenvalue weighted by Gasteiger charge is -2.16. The predicted octanol–water partition coefficient (Wildman–Crippen LogP) is 1.92. The van der Waals surface area contributed by atoms with Gasteiger partial charge in [0, 0.05) is 25.4 Å². The maximum Gasteiger partial charge on any atom is 0.274 e. The zero-order valence-electron chi connectivity index (χ0n) is 15.7. The highest BCUT2D eigenvalue weighted by Crippen LogP contribution is 2.22. The lowest BCUT2D eigenvalue weighted by molar-refractivity contribution is 0.0766. The first-order valence-corrected chi connectivity index (χ1v) is 8.63. The fourth-order valence-electron chi connectivity index (χ4n) is 2.58. The molecule has 0 aliphatic rings. The Morgan fingerprint density at radius 1 is 1.15 bits per heavy atom. The number of ether oxygens (including phenoxy) is 1. The van der Waals surface area contributed by atoms with Crippen LogP contribution < -0.4 is 4.74 Å². The first-order chi connectivity index (χ1) is 13.1. The Labute approximate surface area is 157 Å². The molecule has 0 aliphatic carbocycles. The molecule has 0 radical (unpaired) electrons. The van der Waals surface area contributed by atoms with Crippen molar-refractivity contribution in [3.8, 4) is 23.1 Å². The highest BCUT2D eigenvalue weighted by molar-refractivity contribution is 5.93. The maximum absolute atomic E-state index is 12.7. The third-order valence-electron chi connectivity index (χ3n) is 4.07. The number of carbonyl (C=O) groups excluding carboxylic acids is 1. The fourth-order valence-corrected chi connectivity index (χ4v) is 2.58. The van der Waals surface area contributed by atoms with Crippen LogP contribution in [0, 0.1) is 6.92 Å². The second kappa shape index (κ2) is 7.90. The number of aryl methyl sites for hydroxylation is 1. The molecule has 0 N–H and O–H groups in total. The van der Waals surface area contributed by atoms with Crippen LogP contribution in [0.2, 0.25) is 0 Å². The summed E-state index contributed by atoms with van der Waals surface area (Å²) in [6.07, 6.45) is 3.31. The van der Waals surface area contributed by atoms with Gasteiger partial charge in [0.25, 0.3) is 5.91 Å². The van der Waals surface area contributed by atoms with Gasteiger partial charge < -0.3 is 9.64 Å². The Balaban J connectivity index is 2.11. The van der Waals surface area contributed by atoms with E-state index >= 15 is 0 Å². The summed E-state index contributed by atoms with van der Waals surface area (Å²) in [4.78, 5) is 23.1. The summed E-state index contributed by atoms with van der Waals surface area (Å²) in [6.45, 7) is 6.92. The molecule has 0 bridgehead atoms. The molecule has 0 atom stereocenters. The van der Waals surface area contributed by atoms with Crippen molar-refractivity contribution >= 4 is 5.91 Å². The Kier molecular flexibility index (Phi) is 5.39. The Hall–Kier alpha value is -3.36. The third-order valence-corrected chi connectivity index (χ3v) is 4.07. The quantitative estimate of drug-likeness (QED) is 0.656. The first-order valence-electron chi connectivity index (χ1n) is 8.63. The van der Waals surface area contributed by atoms with E-state index in [0.717, 1.165) is 5.69 Å². The monoisotopic (exact) mass is 367 g/mol. The molecule has 3 heterocycles. The van der Waals surface area contributed by atoms with E-state index in [-0.39, 0.29) is 5.91 Å². The van der Waals surface area contributed by atoms with E-state index in [9.17, 15) is 4.79 Å². The van der Waals surface area contributed by atoms with Gasteiger partial charge in [-0.15, -0.1) is 10.2 Å². The average molecular weight is 367 g/mol. The SMILES string of the molecule is CCN(CC)C(=O)c1cc(-c2cnc(C)cn2)n(-c2ccc(OC)nn2)n1. The normalized spacial score (nSPS) is 10.7. The molecule has 0 aliphatic heterocycles. The average Bonchev–Trinajstić information content (AvgIpc) is 3.15. The molecule has 0 aromatic carbocycles. The topological polar surface area (TPSA) is 98.9 Å². The first kappa shape index (κ1) is 18.4. The Morgan fingerprint density at radius 3 is 2.48 bits per heavy atom. The van der Waals surface area contributed by atoms with Crippen LogP contribution in [0.5, 0.6) is 5.88 Å². The van der Waals surface area contributed by atoms with Crippen molar-refractivity contribution in [2.75, 3.05) is 20.2 Å². The smallest absolute Gasteiger partial charge is 0.274 e.